The van der Waals surface area contributed by atoms with Crippen molar-refractivity contribution in [2.75, 3.05) is 5.73 Å². The van der Waals surface area contributed by atoms with E-state index in [4.69, 9.17) is 5.73 Å². The maximum Gasteiger partial charge on any atom is 0.267 e. The number of fused-ring (bicyclic) bond motifs is 5. The van der Waals surface area contributed by atoms with Crippen LogP contribution in [0, 0.1) is 11.8 Å². The number of carbonyl (C=O) groups is 2. The molecule has 2 aromatic carbocycles. The largest absolute Gasteiger partial charge is 0.399 e. The lowest BCUT2D eigenvalue weighted by atomic mass is 9.61. The fraction of sp³-hybridized carbons (Fsp3) is 0.286. The van der Waals surface area contributed by atoms with Crippen molar-refractivity contribution in [3.05, 3.63) is 83.7 Å². The smallest absolute Gasteiger partial charge is 0.267 e. The first-order chi connectivity index (χ1) is 16.9. The lowest BCUT2D eigenvalue weighted by Gasteiger charge is -2.42. The molecule has 6 nitrogen and oxygen atoms in total. The van der Waals surface area contributed by atoms with E-state index < -0.39 is 21.7 Å². The highest BCUT2D eigenvalue weighted by atomic mass is 32.2. The Balaban J connectivity index is 1.62. The number of benzene rings is 2. The molecule has 3 aliphatic carbocycles. The fourth-order valence-electron chi connectivity index (χ4n) is 6.23. The Kier molecular flexibility index (Phi) is 5.07. The van der Waals surface area contributed by atoms with E-state index in [9.17, 15) is 18.0 Å². The van der Waals surface area contributed by atoms with E-state index in [0.717, 1.165) is 25.7 Å². The van der Waals surface area contributed by atoms with Crippen LogP contribution in [-0.4, -0.2) is 24.0 Å². The van der Waals surface area contributed by atoms with Crippen molar-refractivity contribution in [3.63, 3.8) is 0 Å². The Hall–Kier alpha value is -3.45. The number of nitrogens with zero attached hydrogens (tertiary/aromatic N) is 1. The van der Waals surface area contributed by atoms with Crippen LogP contribution >= 0.6 is 0 Å². The van der Waals surface area contributed by atoms with E-state index in [0.29, 0.717) is 28.9 Å². The molecular formula is C28H26N2O4S. The lowest BCUT2D eigenvalue weighted by Crippen LogP contribution is -2.43. The van der Waals surface area contributed by atoms with Gasteiger partial charge in [-0.25, -0.2) is 12.4 Å². The highest BCUT2D eigenvalue weighted by Gasteiger charge is 2.51. The second kappa shape index (κ2) is 8.05. The molecule has 0 radical (unpaired) electrons. The standard InChI is InChI=1S/C28H26N2O4S/c29-19-11-13-20(14-12-19)35(33,34)30-16-23(17-6-2-1-3-7-17)25-26(30)22-15-10-18-8-4-5-9-21(18)24(22)27(31)28(25)32/h1-3,6-7,10-14,16,21-22,24H,4-5,8-9,15,29H2. The zero-order valence-electron chi connectivity index (χ0n) is 19.2. The van der Waals surface area contributed by atoms with Gasteiger partial charge in [0.25, 0.3) is 10.0 Å². The molecule has 0 aliphatic heterocycles. The minimum absolute atomic E-state index is 0.00912. The number of nitrogen functional groups attached to an aromatic ring is 1. The summed E-state index contributed by atoms with van der Waals surface area (Å²) in [6, 6.07) is 15.3. The zero-order valence-corrected chi connectivity index (χ0v) is 20.0. The number of nitrogens with two attached hydrogens (primary N) is 1. The Bertz CT molecular complexity index is 1480. The van der Waals surface area contributed by atoms with Gasteiger partial charge in [0.2, 0.25) is 11.6 Å². The minimum atomic E-state index is -4.03. The molecule has 0 saturated heterocycles. The molecule has 178 valence electrons. The van der Waals surface area contributed by atoms with Gasteiger partial charge in [0.15, 0.2) is 0 Å². The van der Waals surface area contributed by atoms with E-state index in [-0.39, 0.29) is 28.1 Å². The summed E-state index contributed by atoms with van der Waals surface area (Å²) in [4.78, 5) is 27.3. The Morgan fingerprint density at radius 3 is 2.40 bits per heavy atom. The second-order valence-corrected chi connectivity index (χ2v) is 11.5. The molecule has 1 heterocycles. The molecule has 0 bridgehead atoms. The summed E-state index contributed by atoms with van der Waals surface area (Å²) in [7, 11) is -4.03. The lowest BCUT2D eigenvalue weighted by molar-refractivity contribution is -0.121. The third-order valence-corrected chi connectivity index (χ3v) is 9.53. The topological polar surface area (TPSA) is 99.2 Å². The average Bonchev–Trinajstić information content (AvgIpc) is 3.29. The Labute approximate surface area is 204 Å². The van der Waals surface area contributed by atoms with Gasteiger partial charge in [-0.3, -0.25) is 9.59 Å². The normalized spacial score (nSPS) is 23.8. The second-order valence-electron chi connectivity index (χ2n) is 9.73. The summed E-state index contributed by atoms with van der Waals surface area (Å²) in [5, 5.41) is 0. The van der Waals surface area contributed by atoms with Gasteiger partial charge >= 0.3 is 0 Å². The molecule has 1 fully saturated rings. The van der Waals surface area contributed by atoms with Crippen LogP contribution in [0.5, 0.6) is 0 Å². The summed E-state index contributed by atoms with van der Waals surface area (Å²) in [6.07, 6.45) is 8.18. The predicted octanol–water partition coefficient (Wildman–Crippen LogP) is 4.96. The quantitative estimate of drug-likeness (QED) is 0.320. The number of rotatable bonds is 3. The summed E-state index contributed by atoms with van der Waals surface area (Å²) in [5.74, 6) is -1.80. The van der Waals surface area contributed by atoms with Gasteiger partial charge in [0.1, 0.15) is 0 Å². The number of hydrogen-bond acceptors (Lipinski definition) is 5. The van der Waals surface area contributed by atoms with Crippen molar-refractivity contribution in [3.8, 4) is 11.1 Å². The molecule has 0 spiro atoms. The molecule has 6 rings (SSSR count). The molecule has 3 unspecified atom stereocenters. The summed E-state index contributed by atoms with van der Waals surface area (Å²) in [6.45, 7) is 0. The molecule has 1 aromatic heterocycles. The molecule has 3 aromatic rings. The molecule has 7 heteroatoms. The third-order valence-electron chi connectivity index (χ3n) is 7.84. The summed E-state index contributed by atoms with van der Waals surface area (Å²) >= 11 is 0. The number of ketones is 2. The van der Waals surface area contributed by atoms with Gasteiger partial charge in [0.05, 0.1) is 16.2 Å². The maximum absolute atomic E-state index is 13.9. The molecule has 3 atom stereocenters. The van der Waals surface area contributed by atoms with E-state index in [1.807, 2.05) is 30.3 Å². The average molecular weight is 487 g/mol. The molecule has 35 heavy (non-hydrogen) atoms. The van der Waals surface area contributed by atoms with E-state index >= 15 is 0 Å². The zero-order chi connectivity index (χ0) is 24.3. The number of aromatic nitrogens is 1. The maximum atomic E-state index is 13.9. The van der Waals surface area contributed by atoms with Gasteiger partial charge in [0, 0.05) is 29.3 Å². The van der Waals surface area contributed by atoms with Gasteiger partial charge in [-0.15, -0.1) is 0 Å². The molecule has 2 N–H and O–H groups in total. The molecular weight excluding hydrogens is 460 g/mol. The molecule has 1 saturated carbocycles. The number of Topliss-reactive ketones (excluding diaryl/α,β-unsaturated/α-hetero) is 2. The Morgan fingerprint density at radius 1 is 0.914 bits per heavy atom. The van der Waals surface area contributed by atoms with Gasteiger partial charge in [-0.1, -0.05) is 48.4 Å². The van der Waals surface area contributed by atoms with Gasteiger partial charge < -0.3 is 5.73 Å². The van der Waals surface area contributed by atoms with Crippen LogP contribution < -0.4 is 5.73 Å². The van der Waals surface area contributed by atoms with E-state index in [2.05, 4.69) is 6.08 Å². The minimum Gasteiger partial charge on any atom is -0.399 e. The van der Waals surface area contributed by atoms with Crippen LogP contribution in [0.3, 0.4) is 0 Å². The van der Waals surface area contributed by atoms with Gasteiger partial charge in [-0.2, -0.15) is 0 Å². The van der Waals surface area contributed by atoms with Crippen LogP contribution in [0.4, 0.5) is 5.69 Å². The molecule has 0 amide bonds. The first-order valence-corrected chi connectivity index (χ1v) is 13.5. The third kappa shape index (κ3) is 3.32. The van der Waals surface area contributed by atoms with E-state index in [1.54, 1.807) is 12.1 Å². The predicted molar refractivity (Wildman–Crippen MR) is 134 cm³/mol. The van der Waals surface area contributed by atoms with Crippen molar-refractivity contribution in [2.45, 2.75) is 42.9 Å². The number of hydrogen-bond donors (Lipinski definition) is 1. The fourth-order valence-corrected chi connectivity index (χ4v) is 7.67. The number of carbonyl (C=O) groups excluding carboxylic acids is 2. The van der Waals surface area contributed by atoms with Crippen LogP contribution in [0.2, 0.25) is 0 Å². The number of allylic oxidation sites excluding steroid dienone is 2. The van der Waals surface area contributed by atoms with Crippen LogP contribution in [0.25, 0.3) is 11.1 Å². The first-order valence-electron chi connectivity index (χ1n) is 12.1. The van der Waals surface area contributed by atoms with Gasteiger partial charge in [-0.05, 0) is 61.4 Å². The van der Waals surface area contributed by atoms with Crippen LogP contribution in [-0.2, 0) is 14.8 Å². The van der Waals surface area contributed by atoms with E-state index in [1.165, 1.54) is 27.9 Å². The summed E-state index contributed by atoms with van der Waals surface area (Å²) in [5.41, 5.74) is 9.37. The number of anilines is 1. The highest BCUT2D eigenvalue weighted by Crippen LogP contribution is 2.52. The van der Waals surface area contributed by atoms with Crippen molar-refractivity contribution in [1.82, 2.24) is 3.97 Å². The monoisotopic (exact) mass is 486 g/mol. The van der Waals surface area contributed by atoms with Crippen molar-refractivity contribution >= 4 is 27.3 Å². The van der Waals surface area contributed by atoms with Crippen LogP contribution in [0.1, 0.15) is 54.1 Å². The SMILES string of the molecule is Nc1ccc(S(=O)(=O)n2cc(-c3ccccc3)c3c2C2CC=C4CCCCC4C2C(=O)C3=O)cc1. The highest BCUT2D eigenvalue weighted by molar-refractivity contribution is 7.90. The first kappa shape index (κ1) is 22.0. The summed E-state index contributed by atoms with van der Waals surface area (Å²) < 4.78 is 29.1. The van der Waals surface area contributed by atoms with Crippen molar-refractivity contribution in [2.24, 2.45) is 11.8 Å². The van der Waals surface area contributed by atoms with Crippen molar-refractivity contribution < 1.29 is 18.0 Å². The van der Waals surface area contributed by atoms with Crippen LogP contribution in [0.15, 0.2) is 77.3 Å². The Morgan fingerprint density at radius 2 is 1.66 bits per heavy atom. The van der Waals surface area contributed by atoms with Crippen molar-refractivity contribution in [1.29, 1.82) is 0 Å². The molecule has 3 aliphatic rings.